The van der Waals surface area contributed by atoms with Gasteiger partial charge in [0.25, 0.3) is 0 Å². The van der Waals surface area contributed by atoms with Gasteiger partial charge in [-0.15, -0.1) is 0 Å². The van der Waals surface area contributed by atoms with Gasteiger partial charge in [-0.05, 0) is 20.3 Å². The first-order valence-electron chi connectivity index (χ1n) is 1.99. The van der Waals surface area contributed by atoms with E-state index in [-0.39, 0.29) is 0 Å². The summed E-state index contributed by atoms with van der Waals surface area (Å²) in [6.07, 6.45) is 0.604. The lowest BCUT2D eigenvalue weighted by molar-refractivity contribution is 0.132. The van der Waals surface area contributed by atoms with E-state index in [2.05, 4.69) is 13.8 Å². The van der Waals surface area contributed by atoms with Crippen molar-refractivity contribution >= 4 is 0 Å². The SMILES string of the molecule is [CH2]C([CH2])(O)CC. The van der Waals surface area contributed by atoms with Crippen LogP contribution in [0.1, 0.15) is 13.3 Å². The summed E-state index contributed by atoms with van der Waals surface area (Å²) in [4.78, 5) is 0. The van der Waals surface area contributed by atoms with E-state index in [0.29, 0.717) is 6.42 Å². The molecule has 1 N–H and O–H groups in total. The summed E-state index contributed by atoms with van der Waals surface area (Å²) >= 11 is 0. The Hall–Kier alpha value is -0.0400. The lowest BCUT2D eigenvalue weighted by Gasteiger charge is -2.10. The van der Waals surface area contributed by atoms with Crippen LogP contribution in [0.15, 0.2) is 0 Å². The fourth-order valence-corrected chi connectivity index (χ4v) is 0. The fourth-order valence-electron chi connectivity index (χ4n) is 0. The topological polar surface area (TPSA) is 20.2 Å². The molecular formula is C5H10O. The summed E-state index contributed by atoms with van der Waals surface area (Å²) in [6, 6.07) is 0. The van der Waals surface area contributed by atoms with E-state index in [1.54, 1.807) is 0 Å². The predicted molar refractivity (Wildman–Crippen MR) is 26.0 cm³/mol. The van der Waals surface area contributed by atoms with Gasteiger partial charge >= 0.3 is 0 Å². The maximum Gasteiger partial charge on any atom is 0.0647 e. The third-order valence-corrected chi connectivity index (χ3v) is 0.658. The van der Waals surface area contributed by atoms with Crippen molar-refractivity contribution in [3.05, 3.63) is 13.8 Å². The first-order valence-corrected chi connectivity index (χ1v) is 1.99. The molecule has 0 spiro atoms. The molecule has 1 heteroatoms. The Bertz CT molecular complexity index is 33.7. The molecule has 0 amide bonds. The molecule has 1 nitrogen and oxygen atoms in total. The van der Waals surface area contributed by atoms with Crippen LogP contribution in [0.5, 0.6) is 0 Å². The summed E-state index contributed by atoms with van der Waals surface area (Å²) in [5, 5.41) is 8.60. The first-order chi connectivity index (χ1) is 2.56. The molecule has 0 atom stereocenters. The average molecular weight is 86.1 g/mol. The molecule has 0 aliphatic carbocycles. The van der Waals surface area contributed by atoms with Crippen LogP contribution in [0.2, 0.25) is 0 Å². The molecule has 0 aromatic heterocycles. The van der Waals surface area contributed by atoms with Gasteiger partial charge in [-0.2, -0.15) is 0 Å². The van der Waals surface area contributed by atoms with Crippen molar-refractivity contribution < 1.29 is 5.11 Å². The minimum Gasteiger partial charge on any atom is -0.390 e. The van der Waals surface area contributed by atoms with Crippen LogP contribution < -0.4 is 0 Å². The summed E-state index contributed by atoms with van der Waals surface area (Å²) in [5.41, 5.74) is -0.958. The summed E-state index contributed by atoms with van der Waals surface area (Å²) in [6.45, 7) is 8.50. The van der Waals surface area contributed by atoms with E-state index in [1.165, 1.54) is 0 Å². The molecule has 0 unspecified atom stereocenters. The molecule has 6 heavy (non-hydrogen) atoms. The molecule has 2 radical (unpaired) electrons. The van der Waals surface area contributed by atoms with Crippen LogP contribution in [-0.2, 0) is 0 Å². The second-order valence-electron chi connectivity index (χ2n) is 1.58. The van der Waals surface area contributed by atoms with Crippen molar-refractivity contribution in [2.45, 2.75) is 18.9 Å². The third-order valence-electron chi connectivity index (χ3n) is 0.658. The molecule has 0 rings (SSSR count). The molecule has 0 aliphatic heterocycles. The Labute approximate surface area is 39.0 Å². The first kappa shape index (κ1) is 5.96. The summed E-state index contributed by atoms with van der Waals surface area (Å²) in [7, 11) is 0. The number of rotatable bonds is 1. The second kappa shape index (κ2) is 1.61. The largest absolute Gasteiger partial charge is 0.390 e. The van der Waals surface area contributed by atoms with Gasteiger partial charge < -0.3 is 5.11 Å². The Morgan fingerprint density at radius 3 is 1.83 bits per heavy atom. The Morgan fingerprint density at radius 2 is 1.83 bits per heavy atom. The Balaban J connectivity index is 3.17. The van der Waals surface area contributed by atoms with Gasteiger partial charge in [-0.1, -0.05) is 6.92 Å². The zero-order valence-corrected chi connectivity index (χ0v) is 4.07. The van der Waals surface area contributed by atoms with Crippen molar-refractivity contribution in [1.82, 2.24) is 0 Å². The molecule has 0 saturated heterocycles. The van der Waals surface area contributed by atoms with E-state index in [4.69, 9.17) is 5.11 Å². The van der Waals surface area contributed by atoms with E-state index >= 15 is 0 Å². The quantitative estimate of drug-likeness (QED) is 0.500. The van der Waals surface area contributed by atoms with Crippen molar-refractivity contribution in [3.8, 4) is 0 Å². The van der Waals surface area contributed by atoms with Crippen molar-refractivity contribution in [2.75, 3.05) is 0 Å². The van der Waals surface area contributed by atoms with Gasteiger partial charge in [0.05, 0.1) is 5.60 Å². The Morgan fingerprint density at radius 1 is 1.67 bits per heavy atom. The lowest BCUT2D eigenvalue weighted by atomic mass is 10.1. The van der Waals surface area contributed by atoms with Gasteiger partial charge in [0, 0.05) is 0 Å². The predicted octanol–water partition coefficient (Wildman–Crippen LogP) is 0.796. The van der Waals surface area contributed by atoms with Crippen LogP contribution in [-0.4, -0.2) is 10.7 Å². The monoisotopic (exact) mass is 86.1 g/mol. The van der Waals surface area contributed by atoms with Gasteiger partial charge in [0.15, 0.2) is 0 Å². The average Bonchev–Trinajstić information content (AvgIpc) is 1.35. The Kier molecular flexibility index (Phi) is 1.59. The lowest BCUT2D eigenvalue weighted by Crippen LogP contribution is -2.16. The maximum atomic E-state index is 8.60. The molecular weight excluding hydrogens is 76.1 g/mol. The van der Waals surface area contributed by atoms with Gasteiger partial charge in [0.1, 0.15) is 0 Å². The third kappa shape index (κ3) is 3.96. The van der Waals surface area contributed by atoms with Crippen molar-refractivity contribution in [3.63, 3.8) is 0 Å². The summed E-state index contributed by atoms with van der Waals surface area (Å²) in [5.74, 6) is 0. The van der Waals surface area contributed by atoms with Crippen LogP contribution in [0.4, 0.5) is 0 Å². The van der Waals surface area contributed by atoms with Gasteiger partial charge in [-0.3, -0.25) is 0 Å². The van der Waals surface area contributed by atoms with Crippen LogP contribution in [0.25, 0.3) is 0 Å². The standard InChI is InChI=1S/C5H10O/c1-4-5(2,3)6/h6H,2-4H2,1H3. The van der Waals surface area contributed by atoms with Crippen LogP contribution in [0.3, 0.4) is 0 Å². The van der Waals surface area contributed by atoms with Gasteiger partial charge in [-0.25, -0.2) is 0 Å². The van der Waals surface area contributed by atoms with Gasteiger partial charge in [0.2, 0.25) is 0 Å². The highest BCUT2D eigenvalue weighted by atomic mass is 16.3. The molecule has 0 saturated carbocycles. The van der Waals surface area contributed by atoms with E-state index < -0.39 is 5.60 Å². The van der Waals surface area contributed by atoms with Crippen molar-refractivity contribution in [1.29, 1.82) is 0 Å². The minimum atomic E-state index is -0.958. The maximum absolute atomic E-state index is 8.60. The highest BCUT2D eigenvalue weighted by Gasteiger charge is 2.06. The molecule has 0 fully saturated rings. The van der Waals surface area contributed by atoms with E-state index in [0.717, 1.165) is 0 Å². The highest BCUT2D eigenvalue weighted by Crippen LogP contribution is 2.02. The molecule has 0 heterocycles. The minimum absolute atomic E-state index is 0.604. The zero-order valence-electron chi connectivity index (χ0n) is 4.07. The molecule has 0 aromatic rings. The van der Waals surface area contributed by atoms with E-state index in [9.17, 15) is 0 Å². The molecule has 36 valence electrons. The number of aliphatic hydroxyl groups is 1. The number of hydrogen-bond donors (Lipinski definition) is 1. The van der Waals surface area contributed by atoms with Crippen LogP contribution >= 0.6 is 0 Å². The smallest absolute Gasteiger partial charge is 0.0647 e. The van der Waals surface area contributed by atoms with Crippen molar-refractivity contribution in [2.24, 2.45) is 0 Å². The fraction of sp³-hybridized carbons (Fsp3) is 0.600. The highest BCUT2D eigenvalue weighted by molar-refractivity contribution is 4.80. The van der Waals surface area contributed by atoms with E-state index in [1.807, 2.05) is 6.92 Å². The molecule has 0 bridgehead atoms. The molecule has 0 aliphatic rings. The zero-order chi connectivity index (χ0) is 5.21. The molecule has 0 aromatic carbocycles. The second-order valence-corrected chi connectivity index (χ2v) is 1.58. The van der Waals surface area contributed by atoms with Crippen LogP contribution in [0, 0.1) is 13.8 Å². The normalized spacial score (nSPS) is 12.0. The number of hydrogen-bond acceptors (Lipinski definition) is 1. The summed E-state index contributed by atoms with van der Waals surface area (Å²) < 4.78 is 0.